The number of nitrogens with one attached hydrogen (secondary N) is 1. The second-order valence-electron chi connectivity index (χ2n) is 5.31. The lowest BCUT2D eigenvalue weighted by atomic mass is 9.87. The number of nitrogens with zero attached hydrogens (tertiary/aromatic N) is 1. The Morgan fingerprint density at radius 1 is 1.24 bits per heavy atom. The molecule has 6 heteroatoms. The van der Waals surface area contributed by atoms with Crippen molar-refractivity contribution < 1.29 is 19.8 Å². The van der Waals surface area contributed by atoms with Crippen LogP contribution in [-0.2, 0) is 16.1 Å². The van der Waals surface area contributed by atoms with Gasteiger partial charge < -0.3 is 15.5 Å². The molecule has 1 saturated carbocycles. The summed E-state index contributed by atoms with van der Waals surface area (Å²) >= 11 is 0. The van der Waals surface area contributed by atoms with Crippen molar-refractivity contribution in [3.63, 3.8) is 0 Å². The summed E-state index contributed by atoms with van der Waals surface area (Å²) in [7, 11) is 0. The van der Waals surface area contributed by atoms with Gasteiger partial charge in [-0.25, -0.2) is 9.59 Å². The van der Waals surface area contributed by atoms with Crippen molar-refractivity contribution in [3.05, 3.63) is 30.1 Å². The lowest BCUT2D eigenvalue weighted by Crippen LogP contribution is -2.32. The number of pyridine rings is 1. The molecule has 1 aromatic rings. The molecule has 0 aromatic carbocycles. The Balaban J connectivity index is 0.000000315. The van der Waals surface area contributed by atoms with E-state index in [4.69, 9.17) is 19.8 Å². The van der Waals surface area contributed by atoms with Gasteiger partial charge in [0.25, 0.3) is 0 Å². The van der Waals surface area contributed by atoms with Crippen LogP contribution >= 0.6 is 0 Å². The monoisotopic (exact) mass is 294 g/mol. The van der Waals surface area contributed by atoms with Crippen LogP contribution in [0.2, 0.25) is 0 Å². The summed E-state index contributed by atoms with van der Waals surface area (Å²) in [5, 5.41) is 18.4. The molecule has 2 rings (SSSR count). The van der Waals surface area contributed by atoms with Gasteiger partial charge in [-0.2, -0.15) is 0 Å². The zero-order chi connectivity index (χ0) is 15.7. The second-order valence-corrected chi connectivity index (χ2v) is 5.31. The zero-order valence-electron chi connectivity index (χ0n) is 12.2. The molecule has 116 valence electrons. The van der Waals surface area contributed by atoms with Gasteiger partial charge in [0.1, 0.15) is 0 Å². The Kier molecular flexibility index (Phi) is 7.39. The maximum atomic E-state index is 9.10. The third-order valence-corrected chi connectivity index (χ3v) is 3.52. The van der Waals surface area contributed by atoms with Crippen LogP contribution in [-0.4, -0.2) is 33.2 Å². The van der Waals surface area contributed by atoms with E-state index < -0.39 is 11.9 Å². The third kappa shape index (κ3) is 7.41. The molecule has 1 heterocycles. The van der Waals surface area contributed by atoms with E-state index in [1.165, 1.54) is 31.2 Å². The standard InChI is InChI=1S/C13H20N2.C2H2O4/c1-11-4-6-13(7-5-11)15-10-12-3-2-8-14-9-12;3-1(4)2(5)6/h2-3,8-9,11,13,15H,4-7,10H2,1H3;(H,3,4)(H,5,6). The summed E-state index contributed by atoms with van der Waals surface area (Å²) in [4.78, 5) is 22.3. The largest absolute Gasteiger partial charge is 0.473 e. The van der Waals surface area contributed by atoms with Crippen molar-refractivity contribution in [3.8, 4) is 0 Å². The molecule has 0 spiro atoms. The van der Waals surface area contributed by atoms with E-state index in [0.717, 1.165) is 18.5 Å². The van der Waals surface area contributed by atoms with Crippen LogP contribution in [0.15, 0.2) is 24.5 Å². The first-order chi connectivity index (χ1) is 9.99. The fourth-order valence-electron chi connectivity index (χ4n) is 2.23. The average Bonchev–Trinajstić information content (AvgIpc) is 2.48. The molecular weight excluding hydrogens is 272 g/mol. The molecule has 0 atom stereocenters. The van der Waals surface area contributed by atoms with Gasteiger partial charge in [0.05, 0.1) is 0 Å². The van der Waals surface area contributed by atoms with Gasteiger partial charge in [0.15, 0.2) is 0 Å². The molecule has 0 aliphatic heterocycles. The van der Waals surface area contributed by atoms with E-state index in [1.54, 1.807) is 0 Å². The van der Waals surface area contributed by atoms with Gasteiger partial charge in [0, 0.05) is 25.0 Å². The van der Waals surface area contributed by atoms with Crippen LogP contribution < -0.4 is 5.32 Å². The highest BCUT2D eigenvalue weighted by molar-refractivity contribution is 6.27. The quantitative estimate of drug-likeness (QED) is 0.736. The van der Waals surface area contributed by atoms with Crippen LogP contribution in [0.5, 0.6) is 0 Å². The van der Waals surface area contributed by atoms with Crippen LogP contribution in [0.4, 0.5) is 0 Å². The summed E-state index contributed by atoms with van der Waals surface area (Å²) in [5.74, 6) is -2.72. The Morgan fingerprint density at radius 3 is 2.33 bits per heavy atom. The van der Waals surface area contributed by atoms with Gasteiger partial charge in [-0.1, -0.05) is 13.0 Å². The van der Waals surface area contributed by atoms with E-state index in [9.17, 15) is 0 Å². The topological polar surface area (TPSA) is 99.5 Å². The number of carbonyl (C=O) groups is 2. The number of hydrogen-bond donors (Lipinski definition) is 3. The molecule has 3 N–H and O–H groups in total. The predicted octanol–water partition coefficient (Wildman–Crippen LogP) is 1.91. The van der Waals surface area contributed by atoms with Crippen molar-refractivity contribution in [1.82, 2.24) is 10.3 Å². The van der Waals surface area contributed by atoms with Gasteiger partial charge in [-0.05, 0) is 43.2 Å². The Hall–Kier alpha value is -1.95. The van der Waals surface area contributed by atoms with Crippen LogP contribution in [0.1, 0.15) is 38.2 Å². The molecule has 0 radical (unpaired) electrons. The Labute approximate surface area is 124 Å². The Bertz CT molecular complexity index is 430. The van der Waals surface area contributed by atoms with Gasteiger partial charge in [0.2, 0.25) is 0 Å². The molecule has 1 fully saturated rings. The smallest absolute Gasteiger partial charge is 0.414 e. The molecule has 1 aliphatic rings. The summed E-state index contributed by atoms with van der Waals surface area (Å²) in [5.41, 5.74) is 1.29. The van der Waals surface area contributed by atoms with Crippen LogP contribution in [0, 0.1) is 5.92 Å². The molecule has 0 saturated heterocycles. The SMILES string of the molecule is CC1CCC(NCc2cccnc2)CC1.O=C(O)C(=O)O. The fraction of sp³-hybridized carbons (Fsp3) is 0.533. The highest BCUT2D eigenvalue weighted by atomic mass is 16.4. The third-order valence-electron chi connectivity index (χ3n) is 3.52. The first kappa shape index (κ1) is 17.1. The predicted molar refractivity (Wildman–Crippen MR) is 77.8 cm³/mol. The fourth-order valence-corrected chi connectivity index (χ4v) is 2.23. The first-order valence-corrected chi connectivity index (χ1v) is 7.07. The number of carboxylic acids is 2. The van der Waals surface area contributed by atoms with E-state index in [0.29, 0.717) is 0 Å². The number of rotatable bonds is 3. The number of aromatic nitrogens is 1. The van der Waals surface area contributed by atoms with Gasteiger partial charge >= 0.3 is 11.9 Å². The normalized spacial score (nSPS) is 21.0. The van der Waals surface area contributed by atoms with Gasteiger partial charge in [-0.15, -0.1) is 0 Å². The lowest BCUT2D eigenvalue weighted by molar-refractivity contribution is -0.159. The van der Waals surface area contributed by atoms with E-state index >= 15 is 0 Å². The molecular formula is C15H22N2O4. The average molecular weight is 294 g/mol. The minimum atomic E-state index is -1.82. The van der Waals surface area contributed by atoms with Crippen molar-refractivity contribution in [2.24, 2.45) is 5.92 Å². The maximum Gasteiger partial charge on any atom is 0.414 e. The molecule has 1 aliphatic carbocycles. The molecule has 0 bridgehead atoms. The van der Waals surface area contributed by atoms with Crippen molar-refractivity contribution in [2.75, 3.05) is 0 Å². The number of aliphatic carboxylic acids is 2. The van der Waals surface area contributed by atoms with E-state index in [1.807, 2.05) is 18.5 Å². The Morgan fingerprint density at radius 2 is 1.86 bits per heavy atom. The maximum absolute atomic E-state index is 9.10. The van der Waals surface area contributed by atoms with Crippen LogP contribution in [0.3, 0.4) is 0 Å². The summed E-state index contributed by atoms with van der Waals surface area (Å²) in [6.07, 6.45) is 9.20. The molecule has 1 aromatic heterocycles. The van der Waals surface area contributed by atoms with E-state index in [-0.39, 0.29) is 0 Å². The van der Waals surface area contributed by atoms with Gasteiger partial charge in [-0.3, -0.25) is 4.98 Å². The summed E-state index contributed by atoms with van der Waals surface area (Å²) < 4.78 is 0. The van der Waals surface area contributed by atoms with Crippen molar-refractivity contribution >= 4 is 11.9 Å². The second kappa shape index (κ2) is 9.07. The number of carboxylic acid groups (broad SMARTS) is 2. The summed E-state index contributed by atoms with van der Waals surface area (Å²) in [6.45, 7) is 3.32. The minimum Gasteiger partial charge on any atom is -0.473 e. The van der Waals surface area contributed by atoms with E-state index in [2.05, 4.69) is 23.3 Å². The number of hydrogen-bond acceptors (Lipinski definition) is 4. The summed E-state index contributed by atoms with van der Waals surface area (Å²) in [6, 6.07) is 4.85. The first-order valence-electron chi connectivity index (χ1n) is 7.07. The zero-order valence-corrected chi connectivity index (χ0v) is 12.2. The minimum absolute atomic E-state index is 0.724. The van der Waals surface area contributed by atoms with Crippen molar-refractivity contribution in [2.45, 2.75) is 45.2 Å². The highest BCUT2D eigenvalue weighted by Crippen LogP contribution is 2.23. The molecule has 0 unspecified atom stereocenters. The molecule has 0 amide bonds. The van der Waals surface area contributed by atoms with Crippen molar-refractivity contribution in [1.29, 1.82) is 0 Å². The highest BCUT2D eigenvalue weighted by Gasteiger charge is 2.17. The molecule has 6 nitrogen and oxygen atoms in total. The van der Waals surface area contributed by atoms with Crippen LogP contribution in [0.25, 0.3) is 0 Å². The lowest BCUT2D eigenvalue weighted by Gasteiger charge is -2.27. The molecule has 21 heavy (non-hydrogen) atoms.